The first-order valence-corrected chi connectivity index (χ1v) is 8.86. The molecule has 0 spiro atoms. The maximum Gasteiger partial charge on any atom is 0.271 e. The van der Waals surface area contributed by atoms with Crippen molar-refractivity contribution in [2.75, 3.05) is 4.72 Å². The van der Waals surface area contributed by atoms with Gasteiger partial charge >= 0.3 is 0 Å². The average Bonchev–Trinajstić information content (AvgIpc) is 2.87. The van der Waals surface area contributed by atoms with Gasteiger partial charge in [0.1, 0.15) is 4.21 Å². The number of nitrogens with two attached hydrogens (primary N) is 1. The van der Waals surface area contributed by atoms with E-state index < -0.39 is 10.0 Å². The molecule has 0 saturated heterocycles. The van der Waals surface area contributed by atoms with Crippen molar-refractivity contribution < 1.29 is 13.6 Å². The minimum atomic E-state index is -3.75. The molecule has 0 unspecified atom stereocenters. The maximum atomic E-state index is 12.2. The summed E-state index contributed by atoms with van der Waals surface area (Å²) in [6, 6.07) is 7.46. The van der Waals surface area contributed by atoms with Crippen molar-refractivity contribution in [3.8, 4) is 0 Å². The van der Waals surface area contributed by atoms with Gasteiger partial charge in [0.15, 0.2) is 5.84 Å². The van der Waals surface area contributed by atoms with Crippen LogP contribution in [0.1, 0.15) is 5.56 Å². The van der Waals surface area contributed by atoms with Gasteiger partial charge in [0.2, 0.25) is 0 Å². The van der Waals surface area contributed by atoms with E-state index in [-0.39, 0.29) is 20.8 Å². The number of amidine groups is 1. The van der Waals surface area contributed by atoms with Crippen LogP contribution in [-0.2, 0) is 10.0 Å². The lowest BCUT2D eigenvalue weighted by Gasteiger charge is -2.09. The Balaban J connectivity index is 2.39. The normalized spacial score (nSPS) is 12.4. The molecule has 0 fully saturated rings. The van der Waals surface area contributed by atoms with Gasteiger partial charge in [-0.3, -0.25) is 4.72 Å². The zero-order chi connectivity index (χ0) is 15.6. The Kier molecular flexibility index (Phi) is 4.77. The van der Waals surface area contributed by atoms with Gasteiger partial charge in [0, 0.05) is 5.56 Å². The van der Waals surface area contributed by atoms with Crippen LogP contribution in [0.5, 0.6) is 0 Å². The van der Waals surface area contributed by atoms with E-state index in [1.165, 1.54) is 24.3 Å². The van der Waals surface area contributed by atoms with E-state index in [2.05, 4.69) is 25.8 Å². The highest BCUT2D eigenvalue weighted by Crippen LogP contribution is 2.30. The predicted octanol–water partition coefficient (Wildman–Crippen LogP) is 3.06. The highest BCUT2D eigenvalue weighted by molar-refractivity contribution is 9.11. The molecule has 0 aliphatic rings. The number of hydrogen-bond donors (Lipinski definition) is 3. The Hall–Kier alpha value is -1.29. The van der Waals surface area contributed by atoms with Crippen LogP contribution in [0.2, 0.25) is 5.02 Å². The van der Waals surface area contributed by atoms with Crippen LogP contribution in [0.15, 0.2) is 43.5 Å². The maximum absolute atomic E-state index is 12.2. The third kappa shape index (κ3) is 3.67. The minimum Gasteiger partial charge on any atom is -0.409 e. The topological polar surface area (TPSA) is 105 Å². The Morgan fingerprint density at radius 2 is 2.10 bits per heavy atom. The van der Waals surface area contributed by atoms with Gasteiger partial charge in [0.25, 0.3) is 10.0 Å². The van der Waals surface area contributed by atoms with Crippen LogP contribution in [0.3, 0.4) is 0 Å². The molecule has 6 nitrogen and oxygen atoms in total. The van der Waals surface area contributed by atoms with Gasteiger partial charge in [-0.2, -0.15) is 0 Å². The monoisotopic (exact) mass is 409 g/mol. The number of anilines is 1. The molecule has 4 N–H and O–H groups in total. The third-order valence-electron chi connectivity index (χ3n) is 2.43. The first kappa shape index (κ1) is 16.1. The molecular weight excluding hydrogens is 402 g/mol. The van der Waals surface area contributed by atoms with E-state index in [0.717, 1.165) is 11.3 Å². The molecule has 0 amide bonds. The Bertz CT molecular complexity index is 805. The molecule has 1 aromatic carbocycles. The fourth-order valence-electron chi connectivity index (χ4n) is 1.46. The second-order valence-electron chi connectivity index (χ2n) is 3.84. The number of nitrogens with one attached hydrogen (secondary N) is 1. The number of oxime groups is 1. The highest BCUT2D eigenvalue weighted by atomic mass is 79.9. The van der Waals surface area contributed by atoms with Crippen molar-refractivity contribution in [1.82, 2.24) is 0 Å². The minimum absolute atomic E-state index is 0.139. The molecule has 0 aliphatic carbocycles. The number of sulfonamides is 1. The number of nitrogens with zero attached hydrogens (tertiary/aromatic N) is 1. The summed E-state index contributed by atoms with van der Waals surface area (Å²) in [5.41, 5.74) is 5.95. The van der Waals surface area contributed by atoms with E-state index in [1.807, 2.05) is 0 Å². The molecule has 0 atom stereocenters. The van der Waals surface area contributed by atoms with Gasteiger partial charge in [0.05, 0.1) is 14.5 Å². The van der Waals surface area contributed by atoms with Crippen molar-refractivity contribution in [3.63, 3.8) is 0 Å². The summed E-state index contributed by atoms with van der Waals surface area (Å²) in [6.07, 6.45) is 0. The fraction of sp³-hybridized carbons (Fsp3) is 0. The SMILES string of the molecule is N/C(=N/O)c1ccc(Cl)c(NS(=O)(=O)c2ccc(Br)s2)c1. The standard InChI is InChI=1S/C11H9BrClN3O3S2/c12-9-3-4-10(20-9)21(18,19)16-8-5-6(11(14)15-17)1-2-7(8)13/h1-5,16-17H,(H2,14,15). The molecule has 0 radical (unpaired) electrons. The van der Waals surface area contributed by atoms with Crippen molar-refractivity contribution in [1.29, 1.82) is 0 Å². The number of benzene rings is 1. The Morgan fingerprint density at radius 1 is 1.38 bits per heavy atom. The number of thiophene rings is 1. The first-order valence-electron chi connectivity index (χ1n) is 5.39. The number of rotatable bonds is 4. The predicted molar refractivity (Wildman–Crippen MR) is 86.8 cm³/mol. The molecule has 0 bridgehead atoms. The van der Waals surface area contributed by atoms with Crippen LogP contribution < -0.4 is 10.5 Å². The zero-order valence-corrected chi connectivity index (χ0v) is 14.2. The van der Waals surface area contributed by atoms with Crippen molar-refractivity contribution >= 4 is 60.4 Å². The molecule has 0 aliphatic heterocycles. The van der Waals surface area contributed by atoms with Crippen LogP contribution in [-0.4, -0.2) is 19.5 Å². The van der Waals surface area contributed by atoms with Crippen LogP contribution in [0, 0.1) is 0 Å². The molecule has 1 aromatic heterocycles. The van der Waals surface area contributed by atoms with Gasteiger partial charge in [-0.05, 0) is 46.3 Å². The highest BCUT2D eigenvalue weighted by Gasteiger charge is 2.18. The van der Waals surface area contributed by atoms with E-state index in [1.54, 1.807) is 6.07 Å². The largest absolute Gasteiger partial charge is 0.409 e. The molecule has 2 aromatic rings. The Labute approximate surface area is 138 Å². The lowest BCUT2D eigenvalue weighted by Crippen LogP contribution is -2.15. The molecule has 0 saturated carbocycles. The van der Waals surface area contributed by atoms with Crippen LogP contribution >= 0.6 is 38.9 Å². The summed E-state index contributed by atoms with van der Waals surface area (Å²) < 4.78 is 27.7. The molecule has 10 heteroatoms. The number of halogens is 2. The smallest absolute Gasteiger partial charge is 0.271 e. The zero-order valence-electron chi connectivity index (χ0n) is 10.2. The summed E-state index contributed by atoms with van der Waals surface area (Å²) >= 11 is 10.2. The third-order valence-corrected chi connectivity index (χ3v) is 6.24. The molecule has 1 heterocycles. The molecular formula is C11H9BrClN3O3S2. The molecule has 21 heavy (non-hydrogen) atoms. The summed E-state index contributed by atoms with van der Waals surface area (Å²) in [4.78, 5) is 0. The van der Waals surface area contributed by atoms with Gasteiger partial charge in [-0.1, -0.05) is 16.8 Å². The van der Waals surface area contributed by atoms with E-state index in [0.29, 0.717) is 9.35 Å². The summed E-state index contributed by atoms with van der Waals surface area (Å²) in [7, 11) is -3.75. The second-order valence-corrected chi connectivity index (χ2v) is 8.62. The second kappa shape index (κ2) is 6.22. The van der Waals surface area contributed by atoms with Gasteiger partial charge in [-0.15, -0.1) is 11.3 Å². The van der Waals surface area contributed by atoms with Crippen LogP contribution in [0.4, 0.5) is 5.69 Å². The van der Waals surface area contributed by atoms with Gasteiger partial charge in [-0.25, -0.2) is 8.42 Å². The quantitative estimate of drug-likeness (QED) is 0.312. The van der Waals surface area contributed by atoms with Crippen molar-refractivity contribution in [3.05, 3.63) is 44.7 Å². The van der Waals surface area contributed by atoms with E-state index in [9.17, 15) is 8.42 Å². The van der Waals surface area contributed by atoms with Crippen molar-refractivity contribution in [2.24, 2.45) is 10.9 Å². The fourth-order valence-corrected chi connectivity index (χ4v) is 4.76. The van der Waals surface area contributed by atoms with Gasteiger partial charge < -0.3 is 10.9 Å². The van der Waals surface area contributed by atoms with Crippen LogP contribution in [0.25, 0.3) is 0 Å². The van der Waals surface area contributed by atoms with E-state index >= 15 is 0 Å². The Morgan fingerprint density at radius 3 is 2.67 bits per heavy atom. The number of hydrogen-bond acceptors (Lipinski definition) is 5. The first-order chi connectivity index (χ1) is 9.83. The lowest BCUT2D eigenvalue weighted by atomic mass is 10.2. The summed E-state index contributed by atoms with van der Waals surface area (Å²) in [6.45, 7) is 0. The molecule has 112 valence electrons. The van der Waals surface area contributed by atoms with E-state index in [4.69, 9.17) is 22.5 Å². The lowest BCUT2D eigenvalue weighted by molar-refractivity contribution is 0.318. The average molecular weight is 411 g/mol. The summed E-state index contributed by atoms with van der Waals surface area (Å²) in [5, 5.41) is 11.7. The van der Waals surface area contributed by atoms with Crippen molar-refractivity contribution in [2.45, 2.75) is 4.21 Å². The summed E-state index contributed by atoms with van der Waals surface area (Å²) in [5.74, 6) is -0.147. The molecule has 2 rings (SSSR count).